The summed E-state index contributed by atoms with van der Waals surface area (Å²) in [5.74, 6) is 0.853. The molecule has 0 saturated carbocycles. The summed E-state index contributed by atoms with van der Waals surface area (Å²) < 4.78 is 13.4. The van der Waals surface area contributed by atoms with Crippen LogP contribution in [-0.4, -0.2) is 50.4 Å². The lowest BCUT2D eigenvalue weighted by molar-refractivity contribution is -0.126. The van der Waals surface area contributed by atoms with E-state index in [1.165, 1.54) is 0 Å². The van der Waals surface area contributed by atoms with Gasteiger partial charge in [0.1, 0.15) is 12.6 Å². The molecule has 1 aliphatic heterocycles. The van der Waals surface area contributed by atoms with E-state index in [1.807, 2.05) is 66.1 Å². The van der Waals surface area contributed by atoms with E-state index in [9.17, 15) is 9.59 Å². The van der Waals surface area contributed by atoms with E-state index >= 15 is 0 Å². The Hall–Kier alpha value is -3.76. The van der Waals surface area contributed by atoms with Gasteiger partial charge in [0.05, 0.1) is 25.3 Å². The Bertz CT molecular complexity index is 1200. The number of amides is 2. The number of hydrogen-bond acceptors (Lipinski definition) is 7. The molecule has 1 aliphatic rings. The van der Waals surface area contributed by atoms with Crippen LogP contribution in [-0.2, 0) is 40.6 Å². The van der Waals surface area contributed by atoms with Gasteiger partial charge in [-0.25, -0.2) is 4.79 Å². The van der Waals surface area contributed by atoms with Gasteiger partial charge in [0, 0.05) is 13.1 Å². The first-order valence-electron chi connectivity index (χ1n) is 12.3. The lowest BCUT2D eigenvalue weighted by atomic mass is 10.1. The Morgan fingerprint density at radius 3 is 2.43 bits per heavy atom. The highest BCUT2D eigenvalue weighted by molar-refractivity contribution is 5.85. The van der Waals surface area contributed by atoms with Crippen LogP contribution in [0.5, 0.6) is 0 Å². The zero-order valence-electron chi connectivity index (χ0n) is 21.5. The van der Waals surface area contributed by atoms with Crippen LogP contribution in [0.4, 0.5) is 4.79 Å². The smallest absolute Gasteiger partial charge is 0.410 e. The number of nitrogens with two attached hydrogens (primary N) is 1. The van der Waals surface area contributed by atoms with E-state index in [1.54, 1.807) is 18.7 Å². The van der Waals surface area contributed by atoms with Crippen molar-refractivity contribution in [1.29, 1.82) is 0 Å². The van der Waals surface area contributed by atoms with Gasteiger partial charge in [-0.2, -0.15) is 0 Å². The fraction of sp³-hybridized carbons (Fsp3) is 0.407. The third kappa shape index (κ3) is 6.93. The van der Waals surface area contributed by atoms with Crippen LogP contribution in [0, 0.1) is 6.92 Å². The molecule has 0 fully saturated rings. The van der Waals surface area contributed by atoms with E-state index in [0.717, 1.165) is 16.7 Å². The molecule has 0 saturated heterocycles. The quantitative estimate of drug-likeness (QED) is 0.457. The van der Waals surface area contributed by atoms with Crippen molar-refractivity contribution in [3.05, 3.63) is 82.9 Å². The molecule has 0 unspecified atom stereocenters. The van der Waals surface area contributed by atoms with E-state index < -0.39 is 17.7 Å². The van der Waals surface area contributed by atoms with E-state index in [2.05, 4.69) is 15.5 Å². The zero-order valence-corrected chi connectivity index (χ0v) is 21.5. The Morgan fingerprint density at radius 1 is 1.03 bits per heavy atom. The molecule has 10 heteroatoms. The summed E-state index contributed by atoms with van der Waals surface area (Å²) in [6.45, 7) is 7.23. The minimum absolute atomic E-state index is 0.192. The van der Waals surface area contributed by atoms with Gasteiger partial charge >= 0.3 is 6.09 Å². The van der Waals surface area contributed by atoms with Gasteiger partial charge in [0.25, 0.3) is 0 Å². The Kier molecular flexibility index (Phi) is 8.20. The molecular weight excluding hydrogens is 472 g/mol. The van der Waals surface area contributed by atoms with Crippen LogP contribution < -0.4 is 11.1 Å². The number of nitrogens with zero attached hydrogens (tertiary/aromatic N) is 4. The van der Waals surface area contributed by atoms with E-state index in [4.69, 9.17) is 15.2 Å². The first-order chi connectivity index (χ1) is 17.7. The number of carbonyl (C=O) groups excluding carboxylic acids is 2. The predicted molar refractivity (Wildman–Crippen MR) is 137 cm³/mol. The average Bonchev–Trinajstić information content (AvgIpc) is 3.31. The maximum atomic E-state index is 12.7. The molecule has 0 spiro atoms. The SMILES string of the molecule is Cc1ccc(COC(=O)N2CCn3c(nnc3[C@@H](COCc3ccccc3)NC(=O)C(C)(C)N)C2)cc1. The molecule has 4 rings (SSSR count). The van der Waals surface area contributed by atoms with Crippen molar-refractivity contribution >= 4 is 12.0 Å². The maximum Gasteiger partial charge on any atom is 0.410 e. The third-order valence-electron chi connectivity index (χ3n) is 6.12. The monoisotopic (exact) mass is 506 g/mol. The minimum Gasteiger partial charge on any atom is -0.445 e. The highest BCUT2D eigenvalue weighted by Gasteiger charge is 2.31. The van der Waals surface area contributed by atoms with Gasteiger partial charge in [-0.05, 0) is 31.9 Å². The summed E-state index contributed by atoms with van der Waals surface area (Å²) in [6.07, 6.45) is -0.405. The topological polar surface area (TPSA) is 125 Å². The zero-order chi connectivity index (χ0) is 26.4. The normalized spacial score (nSPS) is 14.1. The molecule has 0 radical (unpaired) electrons. The molecule has 3 aromatic rings. The van der Waals surface area contributed by atoms with E-state index in [0.29, 0.717) is 31.3 Å². The van der Waals surface area contributed by atoms with E-state index in [-0.39, 0.29) is 25.7 Å². The summed E-state index contributed by atoms with van der Waals surface area (Å²) in [4.78, 5) is 27.0. The highest BCUT2D eigenvalue weighted by Crippen LogP contribution is 2.20. The number of nitrogens with one attached hydrogen (secondary N) is 1. The Labute approximate surface area is 216 Å². The molecule has 10 nitrogen and oxygen atoms in total. The summed E-state index contributed by atoms with van der Waals surface area (Å²) in [5, 5.41) is 11.6. The van der Waals surface area contributed by atoms with Gasteiger partial charge in [0.2, 0.25) is 5.91 Å². The van der Waals surface area contributed by atoms with Crippen molar-refractivity contribution in [2.75, 3.05) is 13.2 Å². The number of carbonyl (C=O) groups is 2. The fourth-order valence-corrected chi connectivity index (χ4v) is 3.91. The molecule has 0 bridgehead atoms. The number of hydrogen-bond donors (Lipinski definition) is 2. The standard InChI is InChI=1S/C27H34N6O4/c1-19-9-11-21(12-10-19)17-37-26(35)32-13-14-33-23(15-32)30-31-24(33)22(29-25(34)27(2,3)28)18-36-16-20-7-5-4-6-8-20/h4-12,22H,13-18,28H2,1-3H3,(H,29,34)/t22-/m1/s1. The molecule has 2 amide bonds. The van der Waals surface area contributed by atoms with Gasteiger partial charge in [-0.1, -0.05) is 60.2 Å². The first kappa shape index (κ1) is 26.3. The summed E-state index contributed by atoms with van der Waals surface area (Å²) in [6, 6.07) is 17.1. The molecule has 0 aliphatic carbocycles. The summed E-state index contributed by atoms with van der Waals surface area (Å²) in [5.41, 5.74) is 8.05. The molecule has 2 aromatic carbocycles. The third-order valence-corrected chi connectivity index (χ3v) is 6.12. The molecule has 2 heterocycles. The first-order valence-corrected chi connectivity index (χ1v) is 12.3. The number of ether oxygens (including phenoxy) is 2. The second kappa shape index (κ2) is 11.5. The van der Waals surface area contributed by atoms with Crippen molar-refractivity contribution in [3.8, 4) is 0 Å². The van der Waals surface area contributed by atoms with Crippen molar-refractivity contribution in [2.45, 2.75) is 58.7 Å². The molecule has 196 valence electrons. The van der Waals surface area contributed by atoms with Crippen molar-refractivity contribution in [1.82, 2.24) is 25.0 Å². The maximum absolute atomic E-state index is 12.7. The summed E-state index contributed by atoms with van der Waals surface area (Å²) >= 11 is 0. The van der Waals surface area contributed by atoms with Crippen LogP contribution in [0.3, 0.4) is 0 Å². The predicted octanol–water partition coefficient (Wildman–Crippen LogP) is 2.85. The largest absolute Gasteiger partial charge is 0.445 e. The van der Waals surface area contributed by atoms with Crippen molar-refractivity contribution in [3.63, 3.8) is 0 Å². The van der Waals surface area contributed by atoms with Crippen molar-refractivity contribution in [2.24, 2.45) is 5.73 Å². The molecule has 1 atom stereocenters. The number of rotatable bonds is 9. The molecule has 3 N–H and O–H groups in total. The number of fused-ring (bicyclic) bond motifs is 1. The molecule has 1 aromatic heterocycles. The Balaban J connectivity index is 1.41. The van der Waals surface area contributed by atoms with Gasteiger partial charge in [0.15, 0.2) is 11.6 Å². The van der Waals surface area contributed by atoms with Gasteiger partial charge in [-0.15, -0.1) is 10.2 Å². The molecule has 37 heavy (non-hydrogen) atoms. The lowest BCUT2D eigenvalue weighted by Crippen LogP contribution is -2.51. The molecular formula is C27H34N6O4. The fourth-order valence-electron chi connectivity index (χ4n) is 3.91. The van der Waals surface area contributed by atoms with Crippen molar-refractivity contribution < 1.29 is 19.1 Å². The summed E-state index contributed by atoms with van der Waals surface area (Å²) in [7, 11) is 0. The average molecular weight is 507 g/mol. The van der Waals surface area contributed by atoms with Gasteiger partial charge in [-0.3, -0.25) is 9.69 Å². The van der Waals surface area contributed by atoms with Crippen LogP contribution in [0.2, 0.25) is 0 Å². The van der Waals surface area contributed by atoms with Gasteiger partial charge < -0.3 is 25.1 Å². The second-order valence-electron chi connectivity index (χ2n) is 9.84. The Morgan fingerprint density at radius 2 is 1.73 bits per heavy atom. The lowest BCUT2D eigenvalue weighted by Gasteiger charge is -2.29. The van der Waals surface area contributed by atoms with Crippen LogP contribution in [0.25, 0.3) is 0 Å². The second-order valence-corrected chi connectivity index (χ2v) is 9.84. The number of aryl methyl sites for hydroxylation is 1. The van der Waals surface area contributed by atoms with Crippen LogP contribution in [0.1, 0.15) is 48.2 Å². The minimum atomic E-state index is -1.07. The van der Waals surface area contributed by atoms with Crippen LogP contribution in [0.15, 0.2) is 54.6 Å². The van der Waals surface area contributed by atoms with Crippen LogP contribution >= 0.6 is 0 Å². The number of aromatic nitrogens is 3. The number of benzene rings is 2. The highest BCUT2D eigenvalue weighted by atomic mass is 16.6.